The molecule has 6 atom stereocenters. The van der Waals surface area contributed by atoms with E-state index in [0.29, 0.717) is 13.0 Å². The molecular weight excluding hydrogens is 945 g/mol. The zero-order valence-corrected chi connectivity index (χ0v) is 47.5. The minimum atomic E-state index is -5.07. The molecule has 1 rings (SSSR count). The average Bonchev–Trinajstić information content (AvgIpc) is 3.37. The fourth-order valence-electron chi connectivity index (χ4n) is 9.45. The molecule has 1 aliphatic heterocycles. The molecule has 0 aromatic heterocycles. The van der Waals surface area contributed by atoms with Gasteiger partial charge in [0.2, 0.25) is 0 Å². The predicted octanol–water partition coefficient (Wildman–Crippen LogP) is 15.3. The Morgan fingerprint density at radius 2 is 0.904 bits per heavy atom. The van der Waals surface area contributed by atoms with Gasteiger partial charge in [-0.05, 0) is 51.4 Å². The van der Waals surface area contributed by atoms with E-state index in [1.54, 1.807) is 0 Å². The van der Waals surface area contributed by atoms with E-state index in [9.17, 15) is 33.1 Å². The zero-order valence-electron chi connectivity index (χ0n) is 46.7. The lowest BCUT2D eigenvalue weighted by Gasteiger charge is -2.41. The van der Waals surface area contributed by atoms with E-state index in [1.807, 2.05) is 0 Å². The molecule has 0 spiro atoms. The predicted molar refractivity (Wildman–Crippen MR) is 299 cm³/mol. The summed E-state index contributed by atoms with van der Waals surface area (Å²) in [6.07, 6.45) is 54.7. The molecule has 0 saturated carbocycles. The largest absolute Gasteiger partial charge is 0.457 e. The Bertz CT molecular complexity index is 1410. The molecule has 1 aliphatic rings. The van der Waals surface area contributed by atoms with Crippen LogP contribution in [0.1, 0.15) is 277 Å². The highest BCUT2D eigenvalue weighted by Crippen LogP contribution is 2.26. The Morgan fingerprint density at radius 3 is 1.32 bits per heavy atom. The third-order valence-electron chi connectivity index (χ3n) is 14.0. The molecule has 13 heteroatoms. The van der Waals surface area contributed by atoms with Gasteiger partial charge < -0.3 is 34.3 Å². The van der Waals surface area contributed by atoms with Gasteiger partial charge in [0.15, 0.2) is 6.29 Å². The molecule has 0 aromatic rings. The molecular formula is C60H112O12S. The van der Waals surface area contributed by atoms with Crippen LogP contribution >= 0.6 is 0 Å². The van der Waals surface area contributed by atoms with Crippen LogP contribution in [0.5, 0.6) is 0 Å². The summed E-state index contributed by atoms with van der Waals surface area (Å²) in [6.45, 7) is 4.03. The quantitative estimate of drug-likeness (QED) is 0.0196. The van der Waals surface area contributed by atoms with Gasteiger partial charge in [-0.15, -0.1) is 0 Å². The minimum Gasteiger partial charge on any atom is -0.457 e. The Balaban J connectivity index is 2.28. The standard InChI is InChI=1S/C60H112O12S/c1-3-5-7-9-11-13-15-17-19-21-23-25-27-29-31-33-35-37-39-41-43-45-47-49-56(62)70-54(53-69-60-58(64)59(72-73(65,66)67)57(63)55(51-61)71-60)52-68-50-48-46-44-42-40-38-36-34-32-30-28-26-24-22-20-18-16-14-12-10-8-6-4-2/h15,17,21,23,27,29,54-55,57-61,63-64H,3-14,16,18-20,22,24-26,28,30-53H2,1-2H3,(H,65,66,67)/b17-15-,23-21-,29-27-. The van der Waals surface area contributed by atoms with Crippen LogP contribution in [0.3, 0.4) is 0 Å². The van der Waals surface area contributed by atoms with Crippen molar-refractivity contribution in [2.75, 3.05) is 26.4 Å². The van der Waals surface area contributed by atoms with Crippen molar-refractivity contribution in [2.24, 2.45) is 0 Å². The van der Waals surface area contributed by atoms with Gasteiger partial charge in [0.1, 0.15) is 30.5 Å². The molecule has 0 radical (unpaired) electrons. The topological polar surface area (TPSA) is 178 Å². The summed E-state index contributed by atoms with van der Waals surface area (Å²) in [6, 6.07) is 0. The highest BCUT2D eigenvalue weighted by Gasteiger charge is 2.48. The van der Waals surface area contributed by atoms with E-state index in [1.165, 1.54) is 193 Å². The third kappa shape index (κ3) is 44.1. The zero-order chi connectivity index (χ0) is 53.1. The van der Waals surface area contributed by atoms with Crippen molar-refractivity contribution in [1.29, 1.82) is 0 Å². The maximum atomic E-state index is 13.0. The SMILES string of the molecule is CCCCCCC/C=C\C/C=C\C/C=C\CCCCCCCCCCC(=O)OC(COCCCCCCCCCCCCCCCCCCCCCCCCC)COC1OC(CO)C(O)C(OS(=O)(=O)O)C1O. The second-order valence-electron chi connectivity index (χ2n) is 20.9. The molecule has 0 bridgehead atoms. The number of allylic oxidation sites excluding steroid dienone is 6. The first-order valence-electron chi connectivity index (χ1n) is 30.2. The molecule has 1 fully saturated rings. The van der Waals surface area contributed by atoms with Crippen molar-refractivity contribution in [2.45, 2.75) is 314 Å². The number of rotatable bonds is 54. The van der Waals surface area contributed by atoms with E-state index in [4.69, 9.17) is 18.9 Å². The normalized spacial score (nSPS) is 19.0. The van der Waals surface area contributed by atoms with Crippen molar-refractivity contribution in [3.63, 3.8) is 0 Å². The Morgan fingerprint density at radius 1 is 0.521 bits per heavy atom. The van der Waals surface area contributed by atoms with Crippen LogP contribution in [0.25, 0.3) is 0 Å². The molecule has 430 valence electrons. The van der Waals surface area contributed by atoms with Gasteiger partial charge in [0.25, 0.3) is 0 Å². The van der Waals surface area contributed by atoms with Crippen LogP contribution in [0, 0.1) is 0 Å². The summed E-state index contributed by atoms with van der Waals surface area (Å²) in [7, 11) is -5.07. The number of hydrogen-bond acceptors (Lipinski definition) is 11. The number of esters is 1. The number of aliphatic hydroxyl groups excluding tert-OH is 3. The van der Waals surface area contributed by atoms with Crippen molar-refractivity contribution >= 4 is 16.4 Å². The first-order valence-corrected chi connectivity index (χ1v) is 31.6. The second-order valence-corrected chi connectivity index (χ2v) is 22.0. The molecule has 0 aromatic carbocycles. The van der Waals surface area contributed by atoms with Crippen LogP contribution in [0.2, 0.25) is 0 Å². The van der Waals surface area contributed by atoms with Gasteiger partial charge in [0, 0.05) is 13.0 Å². The van der Waals surface area contributed by atoms with Crippen molar-refractivity contribution in [1.82, 2.24) is 0 Å². The summed E-state index contributed by atoms with van der Waals surface area (Å²) >= 11 is 0. The lowest BCUT2D eigenvalue weighted by molar-refractivity contribution is -0.301. The molecule has 1 saturated heterocycles. The van der Waals surface area contributed by atoms with Crippen molar-refractivity contribution in [3.05, 3.63) is 36.5 Å². The Kier molecular flexibility index (Phi) is 48.5. The summed E-state index contributed by atoms with van der Waals surface area (Å²) in [5.41, 5.74) is 0. The van der Waals surface area contributed by atoms with Gasteiger partial charge >= 0.3 is 16.4 Å². The minimum absolute atomic E-state index is 0.0366. The number of hydrogen-bond donors (Lipinski definition) is 4. The van der Waals surface area contributed by atoms with Crippen molar-refractivity contribution in [3.8, 4) is 0 Å². The van der Waals surface area contributed by atoms with Crippen LogP contribution in [0.15, 0.2) is 36.5 Å². The van der Waals surface area contributed by atoms with Gasteiger partial charge in [-0.2, -0.15) is 8.42 Å². The third-order valence-corrected chi connectivity index (χ3v) is 14.5. The molecule has 73 heavy (non-hydrogen) atoms. The van der Waals surface area contributed by atoms with E-state index < -0.39 is 59.8 Å². The second kappa shape index (κ2) is 51.1. The molecule has 0 amide bonds. The van der Waals surface area contributed by atoms with Crippen LogP contribution in [-0.4, -0.2) is 97.5 Å². The Labute approximate surface area is 447 Å². The van der Waals surface area contributed by atoms with Gasteiger partial charge in [-0.3, -0.25) is 9.35 Å². The number of aliphatic hydroxyl groups is 3. The maximum absolute atomic E-state index is 13.0. The molecule has 12 nitrogen and oxygen atoms in total. The molecule has 4 N–H and O–H groups in total. The van der Waals surface area contributed by atoms with Crippen molar-refractivity contribution < 1.29 is 56.2 Å². The van der Waals surface area contributed by atoms with Crippen LogP contribution in [0.4, 0.5) is 0 Å². The lowest BCUT2D eigenvalue weighted by Crippen LogP contribution is -2.60. The first kappa shape index (κ1) is 69.3. The number of unbranched alkanes of at least 4 members (excludes halogenated alkanes) is 35. The van der Waals surface area contributed by atoms with E-state index in [0.717, 1.165) is 57.8 Å². The Hall–Kier alpha value is -1.68. The molecule has 0 aliphatic carbocycles. The van der Waals surface area contributed by atoms with Crippen LogP contribution < -0.4 is 0 Å². The van der Waals surface area contributed by atoms with Crippen LogP contribution in [-0.2, 0) is 38.3 Å². The molecule has 1 heterocycles. The number of ether oxygens (including phenoxy) is 4. The van der Waals surface area contributed by atoms with Gasteiger partial charge in [-0.25, -0.2) is 4.18 Å². The van der Waals surface area contributed by atoms with Gasteiger partial charge in [-0.1, -0.05) is 256 Å². The number of carbonyl (C=O) groups excluding carboxylic acids is 1. The van der Waals surface area contributed by atoms with E-state index in [-0.39, 0.29) is 19.6 Å². The summed E-state index contributed by atoms with van der Waals surface area (Å²) < 4.78 is 59.5. The van der Waals surface area contributed by atoms with E-state index in [2.05, 4.69) is 54.5 Å². The highest BCUT2D eigenvalue weighted by molar-refractivity contribution is 7.80. The summed E-state index contributed by atoms with van der Waals surface area (Å²) in [4.78, 5) is 13.0. The lowest BCUT2D eigenvalue weighted by atomic mass is 9.99. The first-order chi connectivity index (χ1) is 35.6. The maximum Gasteiger partial charge on any atom is 0.397 e. The highest BCUT2D eigenvalue weighted by atomic mass is 32.3. The van der Waals surface area contributed by atoms with E-state index >= 15 is 0 Å². The summed E-state index contributed by atoms with van der Waals surface area (Å²) in [5, 5.41) is 30.9. The number of carbonyl (C=O) groups is 1. The summed E-state index contributed by atoms with van der Waals surface area (Å²) in [5.74, 6) is -0.401. The monoisotopic (exact) mass is 1060 g/mol. The smallest absolute Gasteiger partial charge is 0.397 e. The fraction of sp³-hybridized carbons (Fsp3) is 0.883. The van der Waals surface area contributed by atoms with Gasteiger partial charge in [0.05, 0.1) is 19.8 Å². The fourth-order valence-corrected chi connectivity index (χ4v) is 9.96. The molecule has 6 unspecified atom stereocenters. The average molecular weight is 1060 g/mol.